The van der Waals surface area contributed by atoms with Gasteiger partial charge in [-0.3, -0.25) is 4.79 Å². The van der Waals surface area contributed by atoms with Crippen LogP contribution >= 0.6 is 24.2 Å². The van der Waals surface area contributed by atoms with E-state index in [2.05, 4.69) is 18.7 Å². The zero-order valence-electron chi connectivity index (χ0n) is 11.6. The van der Waals surface area contributed by atoms with Gasteiger partial charge < -0.3 is 4.90 Å². The van der Waals surface area contributed by atoms with E-state index in [0.717, 1.165) is 16.8 Å². The van der Waals surface area contributed by atoms with E-state index in [-0.39, 0.29) is 5.91 Å². The first-order valence-electron chi connectivity index (χ1n) is 6.23. The van der Waals surface area contributed by atoms with Crippen molar-refractivity contribution < 1.29 is 4.79 Å². The Kier molecular flexibility index (Phi) is 4.41. The molecule has 0 aliphatic rings. The van der Waals surface area contributed by atoms with Crippen LogP contribution < -0.4 is 4.90 Å². The Labute approximate surface area is 129 Å². The highest BCUT2D eigenvalue weighted by molar-refractivity contribution is 7.80. The van der Waals surface area contributed by atoms with Crippen molar-refractivity contribution >= 4 is 35.8 Å². The maximum absolute atomic E-state index is 12.5. The summed E-state index contributed by atoms with van der Waals surface area (Å²) in [5, 5.41) is 0.434. The molecule has 20 heavy (non-hydrogen) atoms. The topological polar surface area (TPSA) is 20.3 Å². The minimum Gasteiger partial charge on any atom is -0.311 e. The number of benzene rings is 2. The molecular formula is C16H16ClNOS. The van der Waals surface area contributed by atoms with E-state index in [1.165, 1.54) is 0 Å². The number of rotatable bonds is 2. The zero-order chi connectivity index (χ0) is 14.9. The van der Waals surface area contributed by atoms with Crippen molar-refractivity contribution in [2.75, 3.05) is 11.9 Å². The highest BCUT2D eigenvalue weighted by Gasteiger charge is 2.17. The maximum Gasteiger partial charge on any atom is 0.259 e. The van der Waals surface area contributed by atoms with Gasteiger partial charge in [0.15, 0.2) is 0 Å². The highest BCUT2D eigenvalue weighted by atomic mass is 35.5. The van der Waals surface area contributed by atoms with Crippen LogP contribution in [0.4, 0.5) is 5.69 Å². The van der Waals surface area contributed by atoms with E-state index in [1.807, 2.05) is 26.0 Å². The van der Waals surface area contributed by atoms with Crippen molar-refractivity contribution in [3.8, 4) is 0 Å². The standard InChI is InChI=1S/C16H16ClNOS/c1-10-6-11(2)8-12(7-10)18(3)16(19)14-9-13(20)4-5-15(14)17/h4-9,20H,1-3H3. The fourth-order valence-electron chi connectivity index (χ4n) is 2.12. The van der Waals surface area contributed by atoms with Crippen LogP contribution in [0.2, 0.25) is 5.02 Å². The Morgan fingerprint density at radius 1 is 1.10 bits per heavy atom. The van der Waals surface area contributed by atoms with Crippen molar-refractivity contribution in [2.24, 2.45) is 0 Å². The highest BCUT2D eigenvalue weighted by Crippen LogP contribution is 2.24. The summed E-state index contributed by atoms with van der Waals surface area (Å²) < 4.78 is 0. The number of halogens is 1. The van der Waals surface area contributed by atoms with Crippen LogP contribution in [0.1, 0.15) is 21.5 Å². The number of carbonyl (C=O) groups excluding carboxylic acids is 1. The lowest BCUT2D eigenvalue weighted by Gasteiger charge is -2.19. The number of thiol groups is 1. The lowest BCUT2D eigenvalue weighted by atomic mass is 10.1. The minimum atomic E-state index is -0.143. The summed E-state index contributed by atoms with van der Waals surface area (Å²) in [6, 6.07) is 11.2. The molecule has 2 rings (SSSR count). The third-order valence-electron chi connectivity index (χ3n) is 3.08. The number of hydrogen-bond acceptors (Lipinski definition) is 2. The second-order valence-corrected chi connectivity index (χ2v) is 5.80. The molecule has 2 aromatic rings. The van der Waals surface area contributed by atoms with Crippen molar-refractivity contribution in [3.63, 3.8) is 0 Å². The Bertz CT molecular complexity index is 649. The Morgan fingerprint density at radius 2 is 1.70 bits per heavy atom. The summed E-state index contributed by atoms with van der Waals surface area (Å²) in [7, 11) is 1.75. The molecule has 0 aliphatic heterocycles. The molecule has 0 heterocycles. The van der Waals surface area contributed by atoms with Gasteiger partial charge in [0.05, 0.1) is 10.6 Å². The van der Waals surface area contributed by atoms with Crippen LogP contribution in [0.25, 0.3) is 0 Å². The summed E-state index contributed by atoms with van der Waals surface area (Å²) in [6.45, 7) is 4.02. The maximum atomic E-state index is 12.5. The van der Waals surface area contributed by atoms with Gasteiger partial charge in [-0.25, -0.2) is 0 Å². The van der Waals surface area contributed by atoms with Crippen molar-refractivity contribution in [1.29, 1.82) is 0 Å². The van der Waals surface area contributed by atoms with Gasteiger partial charge in [-0.15, -0.1) is 12.6 Å². The predicted octanol–water partition coefficient (Wildman–Crippen LogP) is 4.52. The van der Waals surface area contributed by atoms with E-state index < -0.39 is 0 Å². The molecule has 2 nitrogen and oxygen atoms in total. The third-order valence-corrected chi connectivity index (χ3v) is 3.69. The predicted molar refractivity (Wildman–Crippen MR) is 87.4 cm³/mol. The molecule has 0 radical (unpaired) electrons. The number of carbonyl (C=O) groups is 1. The van der Waals surface area contributed by atoms with Crippen molar-refractivity contribution in [1.82, 2.24) is 0 Å². The summed E-state index contributed by atoms with van der Waals surface area (Å²) in [5.74, 6) is -0.143. The Morgan fingerprint density at radius 3 is 2.30 bits per heavy atom. The molecule has 104 valence electrons. The first-order chi connectivity index (χ1) is 9.38. The largest absolute Gasteiger partial charge is 0.311 e. The van der Waals surface area contributed by atoms with Gasteiger partial charge in [0, 0.05) is 17.6 Å². The second-order valence-electron chi connectivity index (χ2n) is 4.87. The fraction of sp³-hybridized carbons (Fsp3) is 0.188. The molecule has 0 unspecified atom stereocenters. The number of hydrogen-bond donors (Lipinski definition) is 1. The molecule has 2 aromatic carbocycles. The lowest BCUT2D eigenvalue weighted by Crippen LogP contribution is -2.26. The van der Waals surface area contributed by atoms with Crippen LogP contribution in [-0.2, 0) is 0 Å². The van der Waals surface area contributed by atoms with Crippen LogP contribution in [0.15, 0.2) is 41.3 Å². The molecule has 0 spiro atoms. The minimum absolute atomic E-state index is 0.143. The average molecular weight is 306 g/mol. The Balaban J connectivity index is 2.39. The molecule has 0 saturated heterocycles. The molecule has 0 N–H and O–H groups in total. The van der Waals surface area contributed by atoms with E-state index in [0.29, 0.717) is 15.5 Å². The van der Waals surface area contributed by atoms with Gasteiger partial charge in [0.25, 0.3) is 5.91 Å². The molecule has 1 amide bonds. The zero-order valence-corrected chi connectivity index (χ0v) is 13.3. The molecular weight excluding hydrogens is 290 g/mol. The normalized spacial score (nSPS) is 10.4. The van der Waals surface area contributed by atoms with Gasteiger partial charge in [-0.2, -0.15) is 0 Å². The van der Waals surface area contributed by atoms with E-state index >= 15 is 0 Å². The molecule has 0 fully saturated rings. The van der Waals surface area contributed by atoms with Gasteiger partial charge in [-0.05, 0) is 55.3 Å². The van der Waals surface area contributed by atoms with Crippen LogP contribution in [0.3, 0.4) is 0 Å². The molecule has 0 bridgehead atoms. The number of anilines is 1. The van der Waals surface area contributed by atoms with Gasteiger partial charge >= 0.3 is 0 Å². The van der Waals surface area contributed by atoms with Gasteiger partial charge in [0.2, 0.25) is 0 Å². The van der Waals surface area contributed by atoms with Crippen LogP contribution in [0.5, 0.6) is 0 Å². The lowest BCUT2D eigenvalue weighted by molar-refractivity contribution is 0.0993. The first-order valence-corrected chi connectivity index (χ1v) is 7.06. The number of nitrogens with zero attached hydrogens (tertiary/aromatic N) is 1. The molecule has 0 saturated carbocycles. The third kappa shape index (κ3) is 3.17. The van der Waals surface area contributed by atoms with Crippen LogP contribution in [0, 0.1) is 13.8 Å². The molecule has 0 aromatic heterocycles. The Hall–Kier alpha value is -1.45. The summed E-state index contributed by atoms with van der Waals surface area (Å²) in [4.78, 5) is 14.9. The van der Waals surface area contributed by atoms with Crippen molar-refractivity contribution in [2.45, 2.75) is 18.7 Å². The SMILES string of the molecule is Cc1cc(C)cc(N(C)C(=O)c2cc(S)ccc2Cl)c1. The quantitative estimate of drug-likeness (QED) is 0.809. The van der Waals surface area contributed by atoms with E-state index in [4.69, 9.17) is 11.6 Å². The van der Waals surface area contributed by atoms with Gasteiger partial charge in [0.1, 0.15) is 0 Å². The van der Waals surface area contributed by atoms with Gasteiger partial charge in [-0.1, -0.05) is 17.7 Å². The van der Waals surface area contributed by atoms with E-state index in [9.17, 15) is 4.79 Å². The van der Waals surface area contributed by atoms with E-state index in [1.54, 1.807) is 30.1 Å². The molecule has 0 atom stereocenters. The van der Waals surface area contributed by atoms with Crippen LogP contribution in [-0.4, -0.2) is 13.0 Å². The fourth-order valence-corrected chi connectivity index (χ4v) is 2.52. The van der Waals surface area contributed by atoms with Crippen molar-refractivity contribution in [3.05, 3.63) is 58.1 Å². The first kappa shape index (κ1) is 14.9. The average Bonchev–Trinajstić information content (AvgIpc) is 2.38. The number of amides is 1. The molecule has 0 aliphatic carbocycles. The monoisotopic (exact) mass is 305 g/mol. The number of aryl methyl sites for hydroxylation is 2. The summed E-state index contributed by atoms with van der Waals surface area (Å²) in [6.07, 6.45) is 0. The second kappa shape index (κ2) is 5.90. The summed E-state index contributed by atoms with van der Waals surface area (Å²) >= 11 is 10.4. The molecule has 4 heteroatoms. The smallest absolute Gasteiger partial charge is 0.259 e. The summed E-state index contributed by atoms with van der Waals surface area (Å²) in [5.41, 5.74) is 3.55.